The third-order valence-electron chi connectivity index (χ3n) is 3.62. The first-order chi connectivity index (χ1) is 10.1. The summed E-state index contributed by atoms with van der Waals surface area (Å²) in [6.45, 7) is 5.56. The van der Waals surface area contributed by atoms with Gasteiger partial charge in [-0.1, -0.05) is 12.1 Å². The largest absolute Gasteiger partial charge is 0.395 e. The third-order valence-corrected chi connectivity index (χ3v) is 5.58. The maximum atomic E-state index is 12.8. The van der Waals surface area contributed by atoms with E-state index in [1.54, 1.807) is 18.2 Å². The van der Waals surface area contributed by atoms with Crippen molar-refractivity contribution in [1.82, 2.24) is 9.21 Å². The summed E-state index contributed by atoms with van der Waals surface area (Å²) < 4.78 is 27.1. The summed E-state index contributed by atoms with van der Waals surface area (Å²) >= 11 is 0. The molecule has 1 aromatic rings. The molecule has 1 aromatic carbocycles. The Hall–Kier alpha value is -1.15. The summed E-state index contributed by atoms with van der Waals surface area (Å²) in [6, 6.07) is 7.01. The standard InChI is InChI=1S/C14H23N3O3S/c1-2-15-13-5-3-4-6-14(13)21(19,20)17-9-7-16(8-10-17)11-12-18/h3-6,15,18H,2,7-12H2,1H3. The van der Waals surface area contributed by atoms with E-state index in [0.717, 1.165) is 0 Å². The van der Waals surface area contributed by atoms with Crippen LogP contribution < -0.4 is 5.32 Å². The molecule has 0 aromatic heterocycles. The van der Waals surface area contributed by atoms with Crippen LogP contribution >= 0.6 is 0 Å². The Balaban J connectivity index is 2.16. The maximum Gasteiger partial charge on any atom is 0.245 e. The van der Waals surface area contributed by atoms with Gasteiger partial charge in [-0.15, -0.1) is 0 Å². The second-order valence-electron chi connectivity index (χ2n) is 5.00. The molecule has 0 bridgehead atoms. The average Bonchev–Trinajstić information content (AvgIpc) is 2.49. The van der Waals surface area contributed by atoms with Gasteiger partial charge in [-0.25, -0.2) is 8.42 Å². The van der Waals surface area contributed by atoms with E-state index in [4.69, 9.17) is 5.11 Å². The molecular weight excluding hydrogens is 290 g/mol. The number of para-hydroxylation sites is 1. The number of nitrogens with one attached hydrogen (secondary N) is 1. The fourth-order valence-electron chi connectivity index (χ4n) is 2.50. The Kier molecular flexibility index (Phi) is 5.58. The van der Waals surface area contributed by atoms with Crippen LogP contribution in [0.5, 0.6) is 0 Å². The average molecular weight is 313 g/mol. The van der Waals surface area contributed by atoms with Crippen LogP contribution in [0.2, 0.25) is 0 Å². The Morgan fingerprint density at radius 3 is 2.48 bits per heavy atom. The highest BCUT2D eigenvalue weighted by Crippen LogP contribution is 2.25. The van der Waals surface area contributed by atoms with Crippen molar-refractivity contribution in [2.45, 2.75) is 11.8 Å². The molecule has 7 heteroatoms. The molecule has 1 fully saturated rings. The van der Waals surface area contributed by atoms with Crippen LogP contribution in [0.1, 0.15) is 6.92 Å². The molecule has 0 amide bonds. The minimum Gasteiger partial charge on any atom is -0.395 e. The lowest BCUT2D eigenvalue weighted by atomic mass is 10.3. The lowest BCUT2D eigenvalue weighted by Gasteiger charge is -2.33. The zero-order chi connectivity index (χ0) is 15.3. The van der Waals surface area contributed by atoms with Crippen LogP contribution in [0, 0.1) is 0 Å². The maximum absolute atomic E-state index is 12.8. The number of aliphatic hydroxyl groups excluding tert-OH is 1. The first-order valence-corrected chi connectivity index (χ1v) is 8.70. The fraction of sp³-hybridized carbons (Fsp3) is 0.571. The van der Waals surface area contributed by atoms with E-state index in [1.807, 2.05) is 13.0 Å². The zero-order valence-corrected chi connectivity index (χ0v) is 13.1. The van der Waals surface area contributed by atoms with Crippen LogP contribution in [0.4, 0.5) is 5.69 Å². The van der Waals surface area contributed by atoms with E-state index in [2.05, 4.69) is 10.2 Å². The lowest BCUT2D eigenvalue weighted by molar-refractivity contribution is 0.151. The van der Waals surface area contributed by atoms with E-state index < -0.39 is 10.0 Å². The number of sulfonamides is 1. The van der Waals surface area contributed by atoms with Crippen molar-refractivity contribution < 1.29 is 13.5 Å². The predicted molar refractivity (Wildman–Crippen MR) is 82.9 cm³/mol. The van der Waals surface area contributed by atoms with Crippen LogP contribution in [0.3, 0.4) is 0 Å². The van der Waals surface area contributed by atoms with Crippen LogP contribution in [0.25, 0.3) is 0 Å². The molecule has 21 heavy (non-hydrogen) atoms. The Morgan fingerprint density at radius 2 is 1.86 bits per heavy atom. The zero-order valence-electron chi connectivity index (χ0n) is 12.3. The van der Waals surface area contributed by atoms with E-state index in [0.29, 0.717) is 49.9 Å². The van der Waals surface area contributed by atoms with Gasteiger partial charge >= 0.3 is 0 Å². The number of β-amino-alcohol motifs (C(OH)–C–C–N with tert-alkyl or cyclic N) is 1. The minimum atomic E-state index is -3.47. The first-order valence-electron chi connectivity index (χ1n) is 7.26. The lowest BCUT2D eigenvalue weighted by Crippen LogP contribution is -2.49. The Labute approximate surface area is 126 Å². The normalized spacial score (nSPS) is 17.8. The van der Waals surface area contributed by atoms with Gasteiger partial charge in [-0.05, 0) is 19.1 Å². The van der Waals surface area contributed by atoms with Gasteiger partial charge < -0.3 is 10.4 Å². The molecule has 0 spiro atoms. The highest BCUT2D eigenvalue weighted by molar-refractivity contribution is 7.89. The SMILES string of the molecule is CCNc1ccccc1S(=O)(=O)N1CCN(CCO)CC1. The monoisotopic (exact) mass is 313 g/mol. The number of hydrogen-bond donors (Lipinski definition) is 2. The van der Waals surface area contributed by atoms with Gasteiger partial charge in [0.2, 0.25) is 10.0 Å². The second-order valence-corrected chi connectivity index (χ2v) is 6.90. The van der Waals surface area contributed by atoms with Crippen molar-refractivity contribution >= 4 is 15.7 Å². The number of benzene rings is 1. The highest BCUT2D eigenvalue weighted by Gasteiger charge is 2.29. The molecule has 0 aliphatic carbocycles. The van der Waals surface area contributed by atoms with Gasteiger partial charge in [0.15, 0.2) is 0 Å². The molecule has 2 rings (SSSR count). The van der Waals surface area contributed by atoms with Crippen LogP contribution in [-0.2, 0) is 10.0 Å². The Morgan fingerprint density at radius 1 is 1.19 bits per heavy atom. The molecule has 6 nitrogen and oxygen atoms in total. The molecule has 0 saturated carbocycles. The van der Waals surface area contributed by atoms with E-state index in [9.17, 15) is 8.42 Å². The topological polar surface area (TPSA) is 72.9 Å². The summed E-state index contributed by atoms with van der Waals surface area (Å²) in [5.41, 5.74) is 0.651. The summed E-state index contributed by atoms with van der Waals surface area (Å²) in [4.78, 5) is 2.41. The molecule has 1 aliphatic rings. The van der Waals surface area contributed by atoms with Gasteiger partial charge in [-0.2, -0.15) is 4.31 Å². The molecule has 1 aliphatic heterocycles. The van der Waals surface area contributed by atoms with E-state index >= 15 is 0 Å². The quantitative estimate of drug-likeness (QED) is 0.796. The van der Waals surface area contributed by atoms with Crippen molar-refractivity contribution in [3.8, 4) is 0 Å². The number of piperazine rings is 1. The van der Waals surface area contributed by atoms with Crippen LogP contribution in [-0.4, -0.2) is 68.6 Å². The summed E-state index contributed by atoms with van der Waals surface area (Å²) in [7, 11) is -3.47. The number of nitrogens with zero attached hydrogens (tertiary/aromatic N) is 2. The molecule has 1 heterocycles. The van der Waals surface area contributed by atoms with Gasteiger partial charge in [-0.3, -0.25) is 4.90 Å². The molecule has 0 radical (unpaired) electrons. The predicted octanol–water partition coefficient (Wildman–Crippen LogP) is 0.417. The van der Waals surface area contributed by atoms with Gasteiger partial charge in [0.05, 0.1) is 12.3 Å². The molecular formula is C14H23N3O3S. The van der Waals surface area contributed by atoms with Crippen LogP contribution in [0.15, 0.2) is 29.2 Å². The third kappa shape index (κ3) is 3.74. The van der Waals surface area contributed by atoms with Crippen molar-refractivity contribution in [2.24, 2.45) is 0 Å². The van der Waals surface area contributed by atoms with Crippen molar-refractivity contribution in [2.75, 3.05) is 51.2 Å². The minimum absolute atomic E-state index is 0.107. The molecule has 1 saturated heterocycles. The van der Waals surface area contributed by atoms with Gasteiger partial charge in [0, 0.05) is 39.3 Å². The Bertz CT molecular complexity index is 554. The van der Waals surface area contributed by atoms with Gasteiger partial charge in [0.1, 0.15) is 4.90 Å². The van der Waals surface area contributed by atoms with Crippen molar-refractivity contribution in [3.63, 3.8) is 0 Å². The molecule has 118 valence electrons. The number of anilines is 1. The van der Waals surface area contributed by atoms with Gasteiger partial charge in [0.25, 0.3) is 0 Å². The fourth-order valence-corrected chi connectivity index (χ4v) is 4.09. The van der Waals surface area contributed by atoms with E-state index in [-0.39, 0.29) is 6.61 Å². The highest BCUT2D eigenvalue weighted by atomic mass is 32.2. The first kappa shape index (κ1) is 16.2. The second kappa shape index (κ2) is 7.22. The van der Waals surface area contributed by atoms with Crippen molar-refractivity contribution in [1.29, 1.82) is 0 Å². The number of aliphatic hydroxyl groups is 1. The molecule has 2 N–H and O–H groups in total. The number of rotatable bonds is 6. The summed E-state index contributed by atoms with van der Waals surface area (Å²) in [5.74, 6) is 0. The van der Waals surface area contributed by atoms with Crippen molar-refractivity contribution in [3.05, 3.63) is 24.3 Å². The molecule has 0 atom stereocenters. The summed E-state index contributed by atoms with van der Waals surface area (Å²) in [5, 5.41) is 12.0. The molecule has 0 unspecified atom stereocenters. The smallest absolute Gasteiger partial charge is 0.245 e. The summed E-state index contributed by atoms with van der Waals surface area (Å²) in [6.07, 6.45) is 0. The van der Waals surface area contributed by atoms with E-state index in [1.165, 1.54) is 4.31 Å². The number of hydrogen-bond acceptors (Lipinski definition) is 5.